The number of hydrogen-bond donors (Lipinski definition) is 1. The molecule has 0 aliphatic rings. The summed E-state index contributed by atoms with van der Waals surface area (Å²) in [5.41, 5.74) is 0.962. The van der Waals surface area contributed by atoms with Gasteiger partial charge in [-0.25, -0.2) is 4.79 Å². The molecule has 0 aliphatic carbocycles. The van der Waals surface area contributed by atoms with E-state index >= 15 is 0 Å². The lowest BCUT2D eigenvalue weighted by atomic mass is 10.2. The van der Waals surface area contributed by atoms with Gasteiger partial charge < -0.3 is 10.0 Å². The Morgan fingerprint density at radius 3 is 2.94 bits per heavy atom. The predicted molar refractivity (Wildman–Crippen MR) is 72.2 cm³/mol. The maximum Gasteiger partial charge on any atom is 0.337 e. The number of anilines is 1. The van der Waals surface area contributed by atoms with Crippen molar-refractivity contribution in [2.45, 2.75) is 13.5 Å². The van der Waals surface area contributed by atoms with E-state index in [1.165, 1.54) is 17.1 Å². The Morgan fingerprint density at radius 2 is 2.33 bits per heavy atom. The van der Waals surface area contributed by atoms with Crippen LogP contribution in [0.25, 0.3) is 0 Å². The number of rotatable bonds is 5. The summed E-state index contributed by atoms with van der Waals surface area (Å²) < 4.78 is 0. The Labute approximate surface area is 110 Å². The summed E-state index contributed by atoms with van der Waals surface area (Å²) in [4.78, 5) is 18.4. The summed E-state index contributed by atoms with van der Waals surface area (Å²) in [6.07, 6.45) is 3.12. The van der Waals surface area contributed by atoms with Crippen molar-refractivity contribution in [1.29, 1.82) is 0 Å². The highest BCUT2D eigenvalue weighted by atomic mass is 32.1. The van der Waals surface area contributed by atoms with Gasteiger partial charge in [0.15, 0.2) is 0 Å². The third kappa shape index (κ3) is 2.68. The minimum Gasteiger partial charge on any atom is -0.478 e. The summed E-state index contributed by atoms with van der Waals surface area (Å²) in [5.74, 6) is -0.919. The van der Waals surface area contributed by atoms with Crippen LogP contribution in [0.2, 0.25) is 0 Å². The van der Waals surface area contributed by atoms with Gasteiger partial charge in [0.2, 0.25) is 0 Å². The average Bonchev–Trinajstić information content (AvgIpc) is 2.88. The zero-order chi connectivity index (χ0) is 13.0. The van der Waals surface area contributed by atoms with Crippen LogP contribution in [0.1, 0.15) is 22.2 Å². The molecule has 0 fully saturated rings. The summed E-state index contributed by atoms with van der Waals surface area (Å²) in [5, 5.41) is 11.2. The Kier molecular flexibility index (Phi) is 3.94. The molecule has 0 saturated heterocycles. The van der Waals surface area contributed by atoms with E-state index in [-0.39, 0.29) is 0 Å². The van der Waals surface area contributed by atoms with Crippen molar-refractivity contribution in [3.8, 4) is 0 Å². The van der Waals surface area contributed by atoms with Gasteiger partial charge in [-0.3, -0.25) is 4.98 Å². The number of carbonyl (C=O) groups is 1. The van der Waals surface area contributed by atoms with Gasteiger partial charge >= 0.3 is 5.97 Å². The number of carboxylic acids is 1. The predicted octanol–water partition coefficient (Wildman–Crippen LogP) is 2.87. The number of hydrogen-bond acceptors (Lipinski definition) is 4. The van der Waals surface area contributed by atoms with Crippen molar-refractivity contribution in [3.63, 3.8) is 0 Å². The molecule has 94 valence electrons. The highest BCUT2D eigenvalue weighted by molar-refractivity contribution is 7.09. The van der Waals surface area contributed by atoms with Crippen LogP contribution in [-0.4, -0.2) is 22.6 Å². The topological polar surface area (TPSA) is 53.4 Å². The van der Waals surface area contributed by atoms with Crippen LogP contribution in [0.15, 0.2) is 36.0 Å². The van der Waals surface area contributed by atoms with E-state index in [2.05, 4.69) is 4.98 Å². The summed E-state index contributed by atoms with van der Waals surface area (Å²) in [6, 6.07) is 5.58. The molecule has 0 bridgehead atoms. The molecule has 18 heavy (non-hydrogen) atoms. The van der Waals surface area contributed by atoms with Gasteiger partial charge in [-0.1, -0.05) is 6.07 Å². The zero-order valence-corrected chi connectivity index (χ0v) is 10.9. The van der Waals surface area contributed by atoms with Crippen molar-refractivity contribution in [2.75, 3.05) is 11.4 Å². The largest absolute Gasteiger partial charge is 0.478 e. The highest BCUT2D eigenvalue weighted by Gasteiger charge is 2.15. The Balaban J connectivity index is 2.30. The molecule has 5 heteroatoms. The maximum atomic E-state index is 11.2. The standard InChI is InChI=1S/C13H14N2O2S/c1-2-15(9-10-4-3-7-18-10)12-8-14-6-5-11(12)13(16)17/h3-8H,2,9H2,1H3,(H,16,17). The molecular weight excluding hydrogens is 248 g/mol. The molecule has 0 saturated carbocycles. The molecule has 0 atom stereocenters. The number of aromatic carboxylic acids is 1. The fourth-order valence-electron chi connectivity index (χ4n) is 1.78. The van der Waals surface area contributed by atoms with Crippen LogP contribution in [0.5, 0.6) is 0 Å². The quantitative estimate of drug-likeness (QED) is 0.900. The molecule has 2 rings (SSSR count). The van der Waals surface area contributed by atoms with Crippen molar-refractivity contribution in [1.82, 2.24) is 4.98 Å². The Morgan fingerprint density at radius 1 is 1.50 bits per heavy atom. The van der Waals surface area contributed by atoms with E-state index in [1.807, 2.05) is 29.3 Å². The van der Waals surface area contributed by atoms with Gasteiger partial charge in [-0.05, 0) is 24.4 Å². The van der Waals surface area contributed by atoms with Crippen LogP contribution in [0.3, 0.4) is 0 Å². The summed E-state index contributed by atoms with van der Waals surface area (Å²) in [6.45, 7) is 3.45. The number of thiophene rings is 1. The number of nitrogens with zero attached hydrogens (tertiary/aromatic N) is 2. The van der Waals surface area contributed by atoms with E-state index in [0.717, 1.165) is 6.54 Å². The van der Waals surface area contributed by atoms with Gasteiger partial charge in [0.1, 0.15) is 0 Å². The Bertz CT molecular complexity index is 526. The molecule has 2 aromatic heterocycles. The minimum absolute atomic E-state index is 0.295. The fraction of sp³-hybridized carbons (Fsp3) is 0.231. The lowest BCUT2D eigenvalue weighted by molar-refractivity contribution is 0.0697. The van der Waals surface area contributed by atoms with Crippen LogP contribution in [0, 0.1) is 0 Å². The average molecular weight is 262 g/mol. The van der Waals surface area contributed by atoms with Gasteiger partial charge in [-0.15, -0.1) is 11.3 Å². The van der Waals surface area contributed by atoms with Gasteiger partial charge in [0.25, 0.3) is 0 Å². The van der Waals surface area contributed by atoms with Crippen molar-refractivity contribution >= 4 is 23.0 Å². The van der Waals surface area contributed by atoms with E-state index < -0.39 is 5.97 Å². The summed E-state index contributed by atoms with van der Waals surface area (Å²) >= 11 is 1.67. The second kappa shape index (κ2) is 5.64. The second-order valence-electron chi connectivity index (χ2n) is 3.79. The van der Waals surface area contributed by atoms with E-state index in [0.29, 0.717) is 17.8 Å². The number of aromatic nitrogens is 1. The third-order valence-corrected chi connectivity index (χ3v) is 3.54. The van der Waals surface area contributed by atoms with Crippen molar-refractivity contribution in [2.24, 2.45) is 0 Å². The van der Waals surface area contributed by atoms with E-state index in [1.54, 1.807) is 17.5 Å². The first kappa shape index (κ1) is 12.6. The van der Waals surface area contributed by atoms with Crippen LogP contribution in [-0.2, 0) is 6.54 Å². The van der Waals surface area contributed by atoms with E-state index in [4.69, 9.17) is 0 Å². The summed E-state index contributed by atoms with van der Waals surface area (Å²) in [7, 11) is 0. The lowest BCUT2D eigenvalue weighted by Gasteiger charge is -2.23. The smallest absolute Gasteiger partial charge is 0.337 e. The zero-order valence-electron chi connectivity index (χ0n) is 10.0. The number of carboxylic acid groups (broad SMARTS) is 1. The third-order valence-electron chi connectivity index (χ3n) is 2.68. The molecule has 4 nitrogen and oxygen atoms in total. The molecule has 0 amide bonds. The highest BCUT2D eigenvalue weighted by Crippen LogP contribution is 2.22. The van der Waals surface area contributed by atoms with Crippen molar-refractivity contribution < 1.29 is 9.90 Å². The number of pyridine rings is 1. The maximum absolute atomic E-state index is 11.2. The van der Waals surface area contributed by atoms with Gasteiger partial charge in [-0.2, -0.15) is 0 Å². The van der Waals surface area contributed by atoms with Crippen molar-refractivity contribution in [3.05, 3.63) is 46.4 Å². The molecule has 2 heterocycles. The van der Waals surface area contributed by atoms with Gasteiger partial charge in [0, 0.05) is 17.6 Å². The molecule has 0 unspecified atom stereocenters. The Hall–Kier alpha value is -1.88. The fourth-order valence-corrected chi connectivity index (χ4v) is 2.50. The molecule has 1 N–H and O–H groups in total. The molecule has 0 radical (unpaired) electrons. The van der Waals surface area contributed by atoms with Crippen LogP contribution in [0.4, 0.5) is 5.69 Å². The molecule has 2 aromatic rings. The first-order chi connectivity index (χ1) is 8.72. The van der Waals surface area contributed by atoms with E-state index in [9.17, 15) is 9.90 Å². The molecule has 0 aromatic carbocycles. The minimum atomic E-state index is -0.919. The van der Waals surface area contributed by atoms with Crippen LogP contribution >= 0.6 is 11.3 Å². The van der Waals surface area contributed by atoms with Gasteiger partial charge in [0.05, 0.1) is 24.0 Å². The van der Waals surface area contributed by atoms with Crippen LogP contribution < -0.4 is 4.90 Å². The first-order valence-corrected chi connectivity index (χ1v) is 6.55. The normalized spacial score (nSPS) is 10.3. The monoisotopic (exact) mass is 262 g/mol. The first-order valence-electron chi connectivity index (χ1n) is 5.67. The lowest BCUT2D eigenvalue weighted by Crippen LogP contribution is -2.24. The molecule has 0 aliphatic heterocycles. The SMILES string of the molecule is CCN(Cc1cccs1)c1cnccc1C(=O)O. The second-order valence-corrected chi connectivity index (χ2v) is 4.82. The molecular formula is C13H14N2O2S. The molecule has 0 spiro atoms.